The van der Waals surface area contributed by atoms with Crippen molar-refractivity contribution in [2.45, 2.75) is 19.8 Å². The van der Waals surface area contributed by atoms with Crippen molar-refractivity contribution in [3.05, 3.63) is 65.7 Å². The van der Waals surface area contributed by atoms with Crippen molar-refractivity contribution >= 4 is 11.6 Å². The number of nitrogens with zero attached hydrogens (tertiary/aromatic N) is 2. The number of nitrogens with one attached hydrogen (secondary N) is 1. The molecule has 0 bridgehead atoms. The molecule has 2 aromatic rings. The van der Waals surface area contributed by atoms with Gasteiger partial charge in [-0.3, -0.25) is 9.69 Å². The Balaban J connectivity index is 1.30. The molecule has 1 heterocycles. The molecule has 4 heteroatoms. The predicted molar refractivity (Wildman–Crippen MR) is 108 cm³/mol. The van der Waals surface area contributed by atoms with Gasteiger partial charge in [-0.1, -0.05) is 36.4 Å². The average molecular weight is 351 g/mol. The maximum atomic E-state index is 12.2. The van der Waals surface area contributed by atoms with Gasteiger partial charge in [-0.2, -0.15) is 0 Å². The SMILES string of the molecule is Cc1ccccc1C(=O)NCCCCN1CCN(c2ccccc2)CC1. The smallest absolute Gasteiger partial charge is 0.251 e. The Morgan fingerprint density at radius 3 is 2.35 bits per heavy atom. The summed E-state index contributed by atoms with van der Waals surface area (Å²) in [5.74, 6) is 0.0413. The third kappa shape index (κ3) is 5.09. The van der Waals surface area contributed by atoms with Gasteiger partial charge in [-0.05, 0) is 50.1 Å². The van der Waals surface area contributed by atoms with Crippen molar-refractivity contribution in [3.63, 3.8) is 0 Å². The zero-order valence-electron chi connectivity index (χ0n) is 15.7. The van der Waals surface area contributed by atoms with Gasteiger partial charge in [-0.15, -0.1) is 0 Å². The van der Waals surface area contributed by atoms with Crippen LogP contribution in [0.5, 0.6) is 0 Å². The summed E-state index contributed by atoms with van der Waals surface area (Å²) in [6, 6.07) is 18.4. The molecule has 1 aliphatic heterocycles. The number of carbonyl (C=O) groups excluding carboxylic acids is 1. The van der Waals surface area contributed by atoms with E-state index in [4.69, 9.17) is 0 Å². The Bertz CT molecular complexity index is 694. The fraction of sp³-hybridized carbons (Fsp3) is 0.409. The molecule has 0 spiro atoms. The van der Waals surface area contributed by atoms with E-state index in [0.29, 0.717) is 0 Å². The summed E-state index contributed by atoms with van der Waals surface area (Å²) in [6.07, 6.45) is 2.15. The quantitative estimate of drug-likeness (QED) is 0.777. The van der Waals surface area contributed by atoms with Gasteiger partial charge < -0.3 is 10.2 Å². The third-order valence-corrected chi connectivity index (χ3v) is 5.07. The van der Waals surface area contributed by atoms with Gasteiger partial charge in [0.2, 0.25) is 0 Å². The number of anilines is 1. The molecular weight excluding hydrogens is 322 g/mol. The molecule has 138 valence electrons. The van der Waals surface area contributed by atoms with E-state index in [2.05, 4.69) is 45.4 Å². The van der Waals surface area contributed by atoms with Crippen molar-refractivity contribution in [1.29, 1.82) is 0 Å². The molecule has 26 heavy (non-hydrogen) atoms. The van der Waals surface area contributed by atoms with E-state index < -0.39 is 0 Å². The number of carbonyl (C=O) groups is 1. The molecule has 0 saturated carbocycles. The van der Waals surface area contributed by atoms with Gasteiger partial charge in [-0.25, -0.2) is 0 Å². The van der Waals surface area contributed by atoms with Crippen LogP contribution >= 0.6 is 0 Å². The standard InChI is InChI=1S/C22H29N3O/c1-19-9-5-6-12-21(19)22(26)23-13-7-8-14-24-15-17-25(18-16-24)20-10-3-2-4-11-20/h2-6,9-12H,7-8,13-18H2,1H3,(H,23,26). The second kappa shape index (κ2) is 9.39. The number of piperazine rings is 1. The van der Waals surface area contributed by atoms with E-state index in [1.807, 2.05) is 31.2 Å². The molecule has 1 saturated heterocycles. The highest BCUT2D eigenvalue weighted by molar-refractivity contribution is 5.95. The van der Waals surface area contributed by atoms with Gasteiger partial charge in [0.25, 0.3) is 5.91 Å². The molecule has 0 atom stereocenters. The highest BCUT2D eigenvalue weighted by Crippen LogP contribution is 2.15. The Hall–Kier alpha value is -2.33. The highest BCUT2D eigenvalue weighted by Gasteiger charge is 2.16. The summed E-state index contributed by atoms with van der Waals surface area (Å²) < 4.78 is 0. The summed E-state index contributed by atoms with van der Waals surface area (Å²) in [4.78, 5) is 17.2. The molecule has 4 nitrogen and oxygen atoms in total. The van der Waals surface area contributed by atoms with Gasteiger partial charge >= 0.3 is 0 Å². The third-order valence-electron chi connectivity index (χ3n) is 5.07. The molecule has 0 unspecified atom stereocenters. The van der Waals surface area contributed by atoms with Crippen LogP contribution in [0.3, 0.4) is 0 Å². The number of para-hydroxylation sites is 1. The van der Waals surface area contributed by atoms with Crippen molar-refractivity contribution in [2.24, 2.45) is 0 Å². The van der Waals surface area contributed by atoms with Crippen molar-refractivity contribution in [2.75, 3.05) is 44.2 Å². The average Bonchev–Trinajstić information content (AvgIpc) is 2.69. The number of rotatable bonds is 7. The molecular formula is C22H29N3O. The van der Waals surface area contributed by atoms with E-state index in [1.165, 1.54) is 5.69 Å². The minimum absolute atomic E-state index is 0.0413. The summed E-state index contributed by atoms with van der Waals surface area (Å²) >= 11 is 0. The molecule has 0 aliphatic carbocycles. The molecule has 1 fully saturated rings. The van der Waals surface area contributed by atoms with Crippen LogP contribution in [0.2, 0.25) is 0 Å². The number of hydrogen-bond acceptors (Lipinski definition) is 3. The lowest BCUT2D eigenvalue weighted by Crippen LogP contribution is -2.46. The second-order valence-corrected chi connectivity index (χ2v) is 6.94. The molecule has 2 aromatic carbocycles. The monoisotopic (exact) mass is 351 g/mol. The van der Waals surface area contributed by atoms with Crippen LogP contribution < -0.4 is 10.2 Å². The predicted octanol–water partition coefficient (Wildman–Crippen LogP) is 3.33. The van der Waals surface area contributed by atoms with E-state index in [1.54, 1.807) is 0 Å². The van der Waals surface area contributed by atoms with Crippen LogP contribution in [0.1, 0.15) is 28.8 Å². The maximum absolute atomic E-state index is 12.2. The lowest BCUT2D eigenvalue weighted by molar-refractivity contribution is 0.0952. The number of unbranched alkanes of at least 4 members (excludes halogenated alkanes) is 1. The number of hydrogen-bond donors (Lipinski definition) is 1. The first-order chi connectivity index (χ1) is 12.7. The number of benzene rings is 2. The number of aryl methyl sites for hydroxylation is 1. The van der Waals surface area contributed by atoms with Crippen molar-refractivity contribution in [1.82, 2.24) is 10.2 Å². The topological polar surface area (TPSA) is 35.6 Å². The Labute approximate surface area is 156 Å². The fourth-order valence-corrected chi connectivity index (χ4v) is 3.45. The largest absolute Gasteiger partial charge is 0.369 e. The highest BCUT2D eigenvalue weighted by atomic mass is 16.1. The first kappa shape index (κ1) is 18.5. The van der Waals surface area contributed by atoms with Crippen LogP contribution in [-0.2, 0) is 0 Å². The van der Waals surface area contributed by atoms with Crippen LogP contribution in [0, 0.1) is 6.92 Å². The fourth-order valence-electron chi connectivity index (χ4n) is 3.45. The second-order valence-electron chi connectivity index (χ2n) is 6.94. The summed E-state index contributed by atoms with van der Waals surface area (Å²) in [5, 5.41) is 3.04. The van der Waals surface area contributed by atoms with Crippen LogP contribution in [0.4, 0.5) is 5.69 Å². The first-order valence-electron chi connectivity index (χ1n) is 9.60. The minimum Gasteiger partial charge on any atom is -0.369 e. The molecule has 1 N–H and O–H groups in total. The van der Waals surface area contributed by atoms with Crippen molar-refractivity contribution in [3.8, 4) is 0 Å². The van der Waals surface area contributed by atoms with E-state index in [0.717, 1.165) is 63.2 Å². The molecule has 1 amide bonds. The van der Waals surface area contributed by atoms with Crippen LogP contribution in [-0.4, -0.2) is 50.1 Å². The zero-order chi connectivity index (χ0) is 18.2. The van der Waals surface area contributed by atoms with Crippen LogP contribution in [0.25, 0.3) is 0 Å². The maximum Gasteiger partial charge on any atom is 0.251 e. The molecule has 1 aliphatic rings. The van der Waals surface area contributed by atoms with E-state index >= 15 is 0 Å². The van der Waals surface area contributed by atoms with Crippen LogP contribution in [0.15, 0.2) is 54.6 Å². The first-order valence-corrected chi connectivity index (χ1v) is 9.60. The zero-order valence-corrected chi connectivity index (χ0v) is 15.7. The molecule has 3 rings (SSSR count). The molecule has 0 aromatic heterocycles. The van der Waals surface area contributed by atoms with Gasteiger partial charge in [0.1, 0.15) is 0 Å². The normalized spacial score (nSPS) is 15.0. The Kier molecular flexibility index (Phi) is 6.67. The molecule has 0 radical (unpaired) electrons. The lowest BCUT2D eigenvalue weighted by atomic mass is 10.1. The Morgan fingerprint density at radius 2 is 1.62 bits per heavy atom. The Morgan fingerprint density at radius 1 is 0.923 bits per heavy atom. The van der Waals surface area contributed by atoms with Crippen molar-refractivity contribution < 1.29 is 4.79 Å². The van der Waals surface area contributed by atoms with Gasteiger partial charge in [0, 0.05) is 44.0 Å². The summed E-state index contributed by atoms with van der Waals surface area (Å²) in [7, 11) is 0. The minimum atomic E-state index is 0.0413. The van der Waals surface area contributed by atoms with Gasteiger partial charge in [0.05, 0.1) is 0 Å². The summed E-state index contributed by atoms with van der Waals surface area (Å²) in [6.45, 7) is 8.25. The van der Waals surface area contributed by atoms with E-state index in [9.17, 15) is 4.79 Å². The van der Waals surface area contributed by atoms with E-state index in [-0.39, 0.29) is 5.91 Å². The lowest BCUT2D eigenvalue weighted by Gasteiger charge is -2.36. The van der Waals surface area contributed by atoms with Gasteiger partial charge in [0.15, 0.2) is 0 Å². The number of amides is 1. The summed E-state index contributed by atoms with van der Waals surface area (Å²) in [5.41, 5.74) is 3.14.